The molecular formula is C31H37N3O7. The number of nitrogens with one attached hydrogen (secondary N) is 2. The van der Waals surface area contributed by atoms with Crippen molar-refractivity contribution in [1.29, 1.82) is 0 Å². The molecule has 0 radical (unpaired) electrons. The number of hydrogen-bond donors (Lipinski definition) is 3. The first-order valence-corrected chi connectivity index (χ1v) is 14.1. The zero-order valence-electron chi connectivity index (χ0n) is 23.3. The van der Waals surface area contributed by atoms with E-state index in [0.29, 0.717) is 25.7 Å². The Labute approximate surface area is 240 Å². The predicted octanol–water partition coefficient (Wildman–Crippen LogP) is 3.02. The van der Waals surface area contributed by atoms with Gasteiger partial charge in [-0.15, -0.1) is 6.58 Å². The van der Waals surface area contributed by atoms with E-state index in [1.165, 1.54) is 11.0 Å². The maximum atomic E-state index is 13.9. The number of ether oxygens (including phenoxy) is 2. The number of rotatable bonds is 7. The summed E-state index contributed by atoms with van der Waals surface area (Å²) < 4.78 is 11.5. The average Bonchev–Trinajstić information content (AvgIpc) is 3.38. The molecule has 0 unspecified atom stereocenters. The van der Waals surface area contributed by atoms with Crippen LogP contribution in [0.25, 0.3) is 6.08 Å². The molecule has 41 heavy (non-hydrogen) atoms. The van der Waals surface area contributed by atoms with Gasteiger partial charge >= 0.3 is 12.1 Å². The van der Waals surface area contributed by atoms with Gasteiger partial charge in [0.15, 0.2) is 0 Å². The van der Waals surface area contributed by atoms with Crippen LogP contribution in [0.5, 0.6) is 0 Å². The van der Waals surface area contributed by atoms with Gasteiger partial charge in [-0.05, 0) is 36.5 Å². The van der Waals surface area contributed by atoms with Crippen LogP contribution in [-0.4, -0.2) is 70.8 Å². The minimum atomic E-state index is -1.81. The lowest BCUT2D eigenvalue weighted by Crippen LogP contribution is -2.64. The number of carbonyl (C=O) groups excluding carboxylic acids is 3. The maximum absolute atomic E-state index is 13.9. The van der Waals surface area contributed by atoms with Gasteiger partial charge < -0.3 is 30.1 Å². The summed E-state index contributed by atoms with van der Waals surface area (Å²) in [7, 11) is 0. The smallest absolute Gasteiger partial charge is 0.407 e. The number of fused-ring (bicyclic) bond motifs is 4. The monoisotopic (exact) mass is 563 g/mol. The topological polar surface area (TPSA) is 134 Å². The first-order chi connectivity index (χ1) is 19.8. The number of allylic oxidation sites excluding steroid dienone is 1. The highest BCUT2D eigenvalue weighted by atomic mass is 16.5. The number of unbranched alkanes of at least 4 members (excludes halogenated alkanes) is 1. The summed E-state index contributed by atoms with van der Waals surface area (Å²) in [5, 5.41) is 15.1. The zero-order valence-corrected chi connectivity index (χ0v) is 23.3. The number of hydrogen-bond acceptors (Lipinski definition) is 6. The van der Waals surface area contributed by atoms with E-state index in [4.69, 9.17) is 9.47 Å². The molecule has 3 aliphatic rings. The summed E-state index contributed by atoms with van der Waals surface area (Å²) >= 11 is 0. The van der Waals surface area contributed by atoms with E-state index in [-0.39, 0.29) is 26.2 Å². The Morgan fingerprint density at radius 1 is 1.34 bits per heavy atom. The molecule has 0 saturated carbocycles. The summed E-state index contributed by atoms with van der Waals surface area (Å²) in [6, 6.07) is 5.94. The molecule has 3 N–H and O–H groups in total. The van der Waals surface area contributed by atoms with Gasteiger partial charge in [0.25, 0.3) is 0 Å². The zero-order chi connectivity index (χ0) is 29.4. The third-order valence-corrected chi connectivity index (χ3v) is 7.57. The van der Waals surface area contributed by atoms with Crippen LogP contribution in [0.3, 0.4) is 0 Å². The normalized spacial score (nSPS) is 28.9. The van der Waals surface area contributed by atoms with E-state index in [0.717, 1.165) is 17.5 Å². The van der Waals surface area contributed by atoms with Gasteiger partial charge in [0.1, 0.15) is 12.1 Å². The SMILES string of the molecule is C=C[C@@H]1C#C[C@]1(NC(=O)[C@@H]1C[C@@H]2CN1C(=O)[C@H](CCCC)NC(=O)OCCC/C=C/c1cccc(c1)CO2)C(=O)O. The fraction of sp³-hybridized carbons (Fsp3) is 0.484. The standard InChI is InChI=1S/C31H37N3O7/c1-3-5-13-25-28(36)34-19-24(18-26(34)27(35)33-31(29(37)38)15-14-23(31)4-2)41-20-22-12-9-11-21(17-22)10-7-6-8-16-40-30(39)32-25/h4,7,9-12,17,23-26H,2-3,5-6,8,13,16,18-20H2,1H3,(H,32,39)(H,33,35)(H,37,38)/b10-7+/t23-,24-,25+,26+,31-/m1/s1. The Morgan fingerprint density at radius 2 is 2.17 bits per heavy atom. The lowest BCUT2D eigenvalue weighted by Gasteiger charge is -2.36. The second-order valence-corrected chi connectivity index (χ2v) is 10.5. The molecule has 1 aromatic rings. The van der Waals surface area contributed by atoms with Crippen LogP contribution in [0, 0.1) is 17.8 Å². The van der Waals surface area contributed by atoms with Crippen molar-refractivity contribution in [3.8, 4) is 11.8 Å². The van der Waals surface area contributed by atoms with Crippen molar-refractivity contribution >= 4 is 30.0 Å². The minimum absolute atomic E-state index is 0.104. The van der Waals surface area contributed by atoms with E-state index in [1.807, 2.05) is 43.3 Å². The van der Waals surface area contributed by atoms with Crippen molar-refractivity contribution < 1.29 is 33.8 Å². The summed E-state index contributed by atoms with van der Waals surface area (Å²) in [6.07, 6.45) is 7.53. The predicted molar refractivity (Wildman–Crippen MR) is 151 cm³/mol. The first kappa shape index (κ1) is 29.9. The molecule has 1 aromatic carbocycles. The van der Waals surface area contributed by atoms with E-state index >= 15 is 0 Å². The molecule has 4 rings (SSSR count). The van der Waals surface area contributed by atoms with Gasteiger partial charge in [0.2, 0.25) is 17.4 Å². The molecule has 5 atom stereocenters. The summed E-state index contributed by atoms with van der Waals surface area (Å²) in [5.74, 6) is 2.11. The fourth-order valence-corrected chi connectivity index (χ4v) is 5.21. The largest absolute Gasteiger partial charge is 0.479 e. The number of carbonyl (C=O) groups is 4. The lowest BCUT2D eigenvalue weighted by molar-refractivity contribution is -0.148. The number of aliphatic carboxylic acids is 1. The molecule has 2 aliphatic heterocycles. The molecule has 0 aromatic heterocycles. The third-order valence-electron chi connectivity index (χ3n) is 7.57. The van der Waals surface area contributed by atoms with Crippen LogP contribution in [0.2, 0.25) is 0 Å². The molecule has 10 heteroatoms. The van der Waals surface area contributed by atoms with Crippen LogP contribution >= 0.6 is 0 Å². The molecule has 1 aliphatic carbocycles. The lowest BCUT2D eigenvalue weighted by atomic mass is 9.77. The number of benzene rings is 1. The number of amides is 3. The highest BCUT2D eigenvalue weighted by Gasteiger charge is 2.52. The van der Waals surface area contributed by atoms with Gasteiger partial charge in [-0.3, -0.25) is 9.59 Å². The van der Waals surface area contributed by atoms with E-state index in [2.05, 4.69) is 29.1 Å². The molecule has 218 valence electrons. The first-order valence-electron chi connectivity index (χ1n) is 14.1. The van der Waals surface area contributed by atoms with Crippen LogP contribution < -0.4 is 10.6 Å². The van der Waals surface area contributed by atoms with Gasteiger partial charge in [0, 0.05) is 13.0 Å². The van der Waals surface area contributed by atoms with Crippen LogP contribution in [0.15, 0.2) is 43.0 Å². The molecule has 3 amide bonds. The van der Waals surface area contributed by atoms with Gasteiger partial charge in [-0.1, -0.05) is 68.0 Å². The summed E-state index contributed by atoms with van der Waals surface area (Å²) in [6.45, 7) is 6.18. The Kier molecular flexibility index (Phi) is 9.84. The van der Waals surface area contributed by atoms with Crippen molar-refractivity contribution in [2.24, 2.45) is 5.92 Å². The molecular weight excluding hydrogens is 526 g/mol. The van der Waals surface area contributed by atoms with E-state index < -0.39 is 53.5 Å². The van der Waals surface area contributed by atoms with Crippen molar-refractivity contribution in [2.45, 2.75) is 75.8 Å². The minimum Gasteiger partial charge on any atom is -0.479 e. The van der Waals surface area contributed by atoms with Crippen LogP contribution in [-0.2, 0) is 30.5 Å². The molecule has 4 bridgehead atoms. The highest BCUT2D eigenvalue weighted by Crippen LogP contribution is 2.29. The van der Waals surface area contributed by atoms with Crippen molar-refractivity contribution in [3.05, 3.63) is 54.1 Å². The molecule has 1 fully saturated rings. The summed E-state index contributed by atoms with van der Waals surface area (Å²) in [4.78, 5) is 53.6. The Morgan fingerprint density at radius 3 is 2.88 bits per heavy atom. The third kappa shape index (κ3) is 6.98. The van der Waals surface area contributed by atoms with Crippen LogP contribution in [0.4, 0.5) is 4.79 Å². The molecule has 1 saturated heterocycles. The Bertz CT molecular complexity index is 1270. The number of cyclic esters (lactones) is 1. The Balaban J connectivity index is 1.61. The van der Waals surface area contributed by atoms with Crippen LogP contribution in [0.1, 0.15) is 56.6 Å². The van der Waals surface area contributed by atoms with Gasteiger partial charge in [0.05, 0.1) is 25.2 Å². The van der Waals surface area contributed by atoms with Crippen molar-refractivity contribution in [2.75, 3.05) is 13.2 Å². The van der Waals surface area contributed by atoms with E-state index in [9.17, 15) is 24.3 Å². The molecule has 2 heterocycles. The summed E-state index contributed by atoms with van der Waals surface area (Å²) in [5.41, 5.74) is 0.137. The second kappa shape index (κ2) is 13.5. The number of alkyl carbamates (subject to hydrolysis) is 1. The average molecular weight is 564 g/mol. The fourth-order valence-electron chi connectivity index (χ4n) is 5.21. The van der Waals surface area contributed by atoms with Gasteiger partial charge in [-0.2, -0.15) is 0 Å². The van der Waals surface area contributed by atoms with E-state index in [1.54, 1.807) is 0 Å². The Hall–Kier alpha value is -4.10. The highest BCUT2D eigenvalue weighted by molar-refractivity contribution is 5.97. The van der Waals surface area contributed by atoms with Crippen molar-refractivity contribution in [1.82, 2.24) is 15.5 Å². The van der Waals surface area contributed by atoms with Crippen molar-refractivity contribution in [3.63, 3.8) is 0 Å². The maximum Gasteiger partial charge on any atom is 0.407 e. The van der Waals surface area contributed by atoms with Gasteiger partial charge in [-0.25, -0.2) is 9.59 Å². The number of carboxylic acids is 1. The molecule has 0 spiro atoms. The quantitative estimate of drug-likeness (QED) is 0.343. The molecule has 10 nitrogen and oxygen atoms in total. The number of carboxylic acid groups (broad SMARTS) is 1. The second-order valence-electron chi connectivity index (χ2n) is 10.5. The number of nitrogens with zero attached hydrogens (tertiary/aromatic N) is 1.